The van der Waals surface area contributed by atoms with Gasteiger partial charge in [-0.25, -0.2) is 14.4 Å². The molecular weight excluding hydrogens is 851 g/mol. The van der Waals surface area contributed by atoms with E-state index in [-0.39, 0.29) is 24.2 Å². The Balaban J connectivity index is 1.11. The zero-order valence-corrected chi connectivity index (χ0v) is 45.3. The number of ether oxygens (including phenoxy) is 4. The van der Waals surface area contributed by atoms with E-state index in [1.165, 1.54) is 57.8 Å². The smallest absolute Gasteiger partial charge is 0.410 e. The molecule has 0 aliphatic heterocycles. The molecule has 68 heavy (non-hydrogen) atoms. The van der Waals surface area contributed by atoms with Crippen LogP contribution < -0.4 is 15.4 Å². The molecule has 0 radical (unpaired) electrons. The predicted octanol–water partition coefficient (Wildman–Crippen LogP) is 15.0. The van der Waals surface area contributed by atoms with Crippen molar-refractivity contribution in [3.05, 3.63) is 41.5 Å². The molecule has 8 atom stereocenters. The number of nitrogens with one attached hydrogen (secondary N) is 2. The topological polar surface area (TPSA) is 115 Å². The average Bonchev–Trinajstić information content (AvgIpc) is 3.59. The zero-order chi connectivity index (χ0) is 49.9. The monoisotopic (exact) mass is 948 g/mol. The lowest BCUT2D eigenvalue weighted by Crippen LogP contribution is -2.51. The SMILES string of the molecule is CCC(CCCC1CCC2C3CC=C4CC(OC(=O)N(CCCCCCCC(C)(C)NC(=O)OCc5ccc(OC)cc5)CCC(C)(C)NC(=O)OC(C)(C)C)CCC4(C)C3CCC12C)C(C)C. The normalized spacial score (nSPS) is 26.4. The number of allylic oxidation sites excluding steroid dienone is 1. The van der Waals surface area contributed by atoms with Gasteiger partial charge in [-0.2, -0.15) is 0 Å². The van der Waals surface area contributed by atoms with E-state index >= 15 is 0 Å². The van der Waals surface area contributed by atoms with Crippen molar-refractivity contribution < 1.29 is 33.3 Å². The van der Waals surface area contributed by atoms with Crippen LogP contribution in [-0.4, -0.2) is 66.2 Å². The molecule has 2 N–H and O–H groups in total. The molecule has 0 aromatic heterocycles. The summed E-state index contributed by atoms with van der Waals surface area (Å²) in [7, 11) is 1.63. The highest BCUT2D eigenvalue weighted by atomic mass is 16.6. The molecule has 5 rings (SSSR count). The summed E-state index contributed by atoms with van der Waals surface area (Å²) in [4.78, 5) is 41.4. The van der Waals surface area contributed by atoms with Gasteiger partial charge in [0.1, 0.15) is 24.1 Å². The second kappa shape index (κ2) is 24.1. The number of alkyl carbamates (subject to hydrolysis) is 2. The number of carbonyl (C=O) groups excluding carboxylic acids is 3. The maximum Gasteiger partial charge on any atom is 0.410 e. The minimum atomic E-state index is -0.598. The third kappa shape index (κ3) is 15.5. The van der Waals surface area contributed by atoms with Gasteiger partial charge in [-0.3, -0.25) is 0 Å². The van der Waals surface area contributed by atoms with E-state index in [0.29, 0.717) is 24.9 Å². The van der Waals surface area contributed by atoms with E-state index in [4.69, 9.17) is 18.9 Å². The Bertz CT molecular complexity index is 1800. The molecule has 1 aromatic carbocycles. The fraction of sp³-hybridized carbons (Fsp3) is 0.810. The Kier molecular flexibility index (Phi) is 19.7. The van der Waals surface area contributed by atoms with Crippen molar-refractivity contribution in [3.63, 3.8) is 0 Å². The lowest BCUT2D eigenvalue weighted by atomic mass is 9.47. The highest BCUT2D eigenvalue weighted by Crippen LogP contribution is 2.67. The molecule has 386 valence electrons. The van der Waals surface area contributed by atoms with Crippen molar-refractivity contribution in [2.75, 3.05) is 20.2 Å². The predicted molar refractivity (Wildman–Crippen MR) is 276 cm³/mol. The van der Waals surface area contributed by atoms with Crippen molar-refractivity contribution >= 4 is 18.3 Å². The number of nitrogens with zero attached hydrogens (tertiary/aromatic N) is 1. The number of unbranched alkanes of at least 4 members (excludes halogenated alkanes) is 4. The molecule has 1 aromatic rings. The van der Waals surface area contributed by atoms with Gasteiger partial charge in [0.25, 0.3) is 0 Å². The maximum absolute atomic E-state index is 14.2. The summed E-state index contributed by atoms with van der Waals surface area (Å²) in [5.74, 6) is 5.64. The standard InChI is InChI=1S/C58H97N3O7/c1-14-43(41(2)3)21-20-22-44-26-30-49-48-29-25-45-39-47(31-34-58(45,12)50(48)32-35-57(44,49)11)67-53(64)61(38-36-56(9,10)60-52(63)68-54(4,5)6)37-19-17-15-16-18-33-55(7,8)59-51(62)66-40-42-23-27-46(65-13)28-24-42/h23-25,27-28,41,43-44,47-50H,14-22,26,29-40H2,1-13H3,(H,59,62)(H,60,63). The molecule has 0 saturated heterocycles. The summed E-state index contributed by atoms with van der Waals surface area (Å²) >= 11 is 0. The number of benzene rings is 1. The summed E-state index contributed by atoms with van der Waals surface area (Å²) in [6.45, 7) is 27.3. The fourth-order valence-corrected chi connectivity index (χ4v) is 13.2. The van der Waals surface area contributed by atoms with Crippen LogP contribution in [0.1, 0.15) is 211 Å². The van der Waals surface area contributed by atoms with Crippen LogP contribution in [0.15, 0.2) is 35.9 Å². The first-order chi connectivity index (χ1) is 32.0. The lowest BCUT2D eigenvalue weighted by Gasteiger charge is -2.58. The number of fused-ring (bicyclic) bond motifs is 5. The van der Waals surface area contributed by atoms with Gasteiger partial charge in [0, 0.05) is 30.6 Å². The first kappa shape index (κ1) is 55.5. The van der Waals surface area contributed by atoms with Crippen LogP contribution in [0.4, 0.5) is 14.4 Å². The molecule has 10 nitrogen and oxygen atoms in total. The molecular formula is C58H97N3O7. The van der Waals surface area contributed by atoms with Gasteiger partial charge >= 0.3 is 18.3 Å². The zero-order valence-electron chi connectivity index (χ0n) is 45.3. The summed E-state index contributed by atoms with van der Waals surface area (Å²) < 4.78 is 22.7. The largest absolute Gasteiger partial charge is 0.497 e. The average molecular weight is 948 g/mol. The molecule has 4 aliphatic carbocycles. The Hall–Kier alpha value is -3.43. The van der Waals surface area contributed by atoms with Gasteiger partial charge in [0.15, 0.2) is 0 Å². The van der Waals surface area contributed by atoms with E-state index < -0.39 is 28.9 Å². The maximum atomic E-state index is 14.2. The second-order valence-corrected chi connectivity index (χ2v) is 24.9. The highest BCUT2D eigenvalue weighted by molar-refractivity contribution is 5.69. The minimum absolute atomic E-state index is 0.118. The molecule has 8 unspecified atom stereocenters. The summed E-state index contributed by atoms with van der Waals surface area (Å²) in [5, 5.41) is 6.06. The molecule has 4 aliphatic rings. The molecule has 0 spiro atoms. The molecule has 3 saturated carbocycles. The van der Waals surface area contributed by atoms with Gasteiger partial charge in [0.05, 0.1) is 7.11 Å². The van der Waals surface area contributed by atoms with Gasteiger partial charge in [0.2, 0.25) is 0 Å². The number of hydrogen-bond donors (Lipinski definition) is 2. The molecule has 10 heteroatoms. The Labute approximate surface area is 413 Å². The van der Waals surface area contributed by atoms with Gasteiger partial charge in [-0.05, 0) is 183 Å². The van der Waals surface area contributed by atoms with Crippen LogP contribution in [0.5, 0.6) is 5.75 Å². The number of amides is 3. The third-order valence-electron chi connectivity index (χ3n) is 17.4. The number of carbonyl (C=O) groups is 3. The number of methoxy groups -OCH3 is 1. The number of hydrogen-bond acceptors (Lipinski definition) is 7. The van der Waals surface area contributed by atoms with Gasteiger partial charge in [-0.1, -0.05) is 103 Å². The van der Waals surface area contributed by atoms with E-state index in [1.54, 1.807) is 12.7 Å². The van der Waals surface area contributed by atoms with E-state index in [9.17, 15) is 14.4 Å². The first-order valence-corrected chi connectivity index (χ1v) is 27.2. The van der Waals surface area contributed by atoms with E-state index in [0.717, 1.165) is 105 Å². The second-order valence-electron chi connectivity index (χ2n) is 24.9. The van der Waals surface area contributed by atoms with E-state index in [1.807, 2.05) is 77.6 Å². The van der Waals surface area contributed by atoms with Crippen LogP contribution in [0, 0.1) is 46.3 Å². The summed E-state index contributed by atoms with van der Waals surface area (Å²) in [6, 6.07) is 7.49. The Morgan fingerprint density at radius 2 is 1.47 bits per heavy atom. The fourth-order valence-electron chi connectivity index (χ4n) is 13.2. The molecule has 0 bridgehead atoms. The molecule has 3 amide bonds. The van der Waals surface area contributed by atoms with Gasteiger partial charge < -0.3 is 34.5 Å². The van der Waals surface area contributed by atoms with Crippen LogP contribution in [-0.2, 0) is 20.8 Å². The van der Waals surface area contributed by atoms with Crippen molar-refractivity contribution in [1.29, 1.82) is 0 Å². The Morgan fingerprint density at radius 3 is 2.15 bits per heavy atom. The van der Waals surface area contributed by atoms with Crippen molar-refractivity contribution in [2.24, 2.45) is 46.3 Å². The van der Waals surface area contributed by atoms with Crippen LogP contribution in [0.3, 0.4) is 0 Å². The number of rotatable bonds is 23. The van der Waals surface area contributed by atoms with Crippen LogP contribution >= 0.6 is 0 Å². The molecule has 3 fully saturated rings. The minimum Gasteiger partial charge on any atom is -0.497 e. The first-order valence-electron chi connectivity index (χ1n) is 27.2. The lowest BCUT2D eigenvalue weighted by molar-refractivity contribution is -0.0535. The van der Waals surface area contributed by atoms with Crippen molar-refractivity contribution in [1.82, 2.24) is 15.5 Å². The van der Waals surface area contributed by atoms with E-state index in [2.05, 4.69) is 51.3 Å². The van der Waals surface area contributed by atoms with Gasteiger partial charge in [-0.15, -0.1) is 0 Å². The van der Waals surface area contributed by atoms with Crippen molar-refractivity contribution in [3.8, 4) is 5.75 Å². The quantitative estimate of drug-likeness (QED) is 0.0638. The van der Waals surface area contributed by atoms with Crippen molar-refractivity contribution in [2.45, 2.75) is 234 Å². The third-order valence-corrected chi connectivity index (χ3v) is 17.4. The van der Waals surface area contributed by atoms with Crippen LogP contribution in [0.2, 0.25) is 0 Å². The highest BCUT2D eigenvalue weighted by Gasteiger charge is 2.58. The summed E-state index contributed by atoms with van der Waals surface area (Å²) in [6.07, 6.45) is 22.7. The van der Waals surface area contributed by atoms with Crippen LogP contribution in [0.25, 0.3) is 0 Å². The Morgan fingerprint density at radius 1 is 0.794 bits per heavy atom. The summed E-state index contributed by atoms with van der Waals surface area (Å²) in [5.41, 5.74) is 1.55. The molecule has 0 heterocycles.